The third-order valence-corrected chi connectivity index (χ3v) is 5.00. The molecule has 1 aromatic carbocycles. The smallest absolute Gasteiger partial charge is 0.191 e. The minimum absolute atomic E-state index is 0.880. The van der Waals surface area contributed by atoms with Crippen LogP contribution in [0, 0.1) is 0 Å². The van der Waals surface area contributed by atoms with E-state index in [-0.39, 0.29) is 0 Å². The molecular weight excluding hydrogens is 310 g/mol. The highest BCUT2D eigenvalue weighted by atomic mass is 15.2. The molecule has 0 saturated carbocycles. The normalized spacial score (nSPS) is 16.8. The maximum absolute atomic E-state index is 4.34. The zero-order valence-electron chi connectivity index (χ0n) is 15.4. The summed E-state index contributed by atoms with van der Waals surface area (Å²) in [5.74, 6) is 0.898. The van der Waals surface area contributed by atoms with Gasteiger partial charge in [-0.1, -0.05) is 31.0 Å². The zero-order chi connectivity index (χ0) is 17.3. The fourth-order valence-corrected chi connectivity index (χ4v) is 3.57. The van der Waals surface area contributed by atoms with E-state index in [1.54, 1.807) is 0 Å². The number of rotatable bonds is 6. The molecule has 2 aromatic rings. The Labute approximate surface area is 150 Å². The molecule has 5 heteroatoms. The van der Waals surface area contributed by atoms with Gasteiger partial charge in [0.1, 0.15) is 0 Å². The molecule has 0 atom stereocenters. The van der Waals surface area contributed by atoms with Crippen molar-refractivity contribution in [3.8, 4) is 0 Å². The summed E-state index contributed by atoms with van der Waals surface area (Å²) < 4.78 is 0. The molecule has 3 N–H and O–H groups in total. The molecule has 0 radical (unpaired) electrons. The highest BCUT2D eigenvalue weighted by molar-refractivity contribution is 5.83. The van der Waals surface area contributed by atoms with Crippen molar-refractivity contribution in [1.82, 2.24) is 20.5 Å². The average molecular weight is 342 g/mol. The summed E-state index contributed by atoms with van der Waals surface area (Å²) in [7, 11) is 1.84. The number of nitrogens with zero attached hydrogens (tertiary/aromatic N) is 2. The zero-order valence-corrected chi connectivity index (χ0v) is 15.4. The van der Waals surface area contributed by atoms with Gasteiger partial charge in [-0.25, -0.2) is 0 Å². The third-order valence-electron chi connectivity index (χ3n) is 5.00. The van der Waals surface area contributed by atoms with Crippen molar-refractivity contribution in [2.24, 2.45) is 4.99 Å². The van der Waals surface area contributed by atoms with Gasteiger partial charge in [0.2, 0.25) is 0 Å². The quantitative estimate of drug-likeness (QED) is 0.559. The minimum Gasteiger partial charge on any atom is -0.361 e. The molecule has 0 spiro atoms. The summed E-state index contributed by atoms with van der Waals surface area (Å²) in [6, 6.07) is 8.46. The maximum Gasteiger partial charge on any atom is 0.191 e. The van der Waals surface area contributed by atoms with Gasteiger partial charge in [-0.3, -0.25) is 4.99 Å². The number of hydrogen-bond donors (Lipinski definition) is 3. The van der Waals surface area contributed by atoms with Crippen LogP contribution in [-0.4, -0.2) is 55.6 Å². The standard InChI is InChI=1S/C20H31N5/c1-21-20(23-12-15-25-13-6-2-3-7-14-25)22-11-10-17-16-24-19-9-5-4-8-18(17)19/h4-5,8-9,16,24H,2-3,6-7,10-15H2,1H3,(H2,21,22,23). The Kier molecular flexibility index (Phi) is 6.74. The second-order valence-corrected chi connectivity index (χ2v) is 6.79. The van der Waals surface area contributed by atoms with E-state index in [2.05, 4.69) is 56.0 Å². The third kappa shape index (κ3) is 5.23. The molecule has 1 aliphatic heterocycles. The number of para-hydroxylation sites is 1. The first kappa shape index (κ1) is 17.8. The lowest BCUT2D eigenvalue weighted by atomic mass is 10.1. The summed E-state index contributed by atoms with van der Waals surface area (Å²) in [5.41, 5.74) is 2.56. The first-order valence-electron chi connectivity index (χ1n) is 9.58. The van der Waals surface area contributed by atoms with E-state index in [0.717, 1.165) is 32.0 Å². The molecule has 0 aliphatic carbocycles. The summed E-state index contributed by atoms with van der Waals surface area (Å²) in [6.45, 7) is 5.42. The van der Waals surface area contributed by atoms with E-state index in [4.69, 9.17) is 0 Å². The number of benzene rings is 1. The maximum atomic E-state index is 4.34. The summed E-state index contributed by atoms with van der Waals surface area (Å²) in [4.78, 5) is 10.2. The number of hydrogen-bond acceptors (Lipinski definition) is 2. The average Bonchev–Trinajstić information content (AvgIpc) is 2.87. The Bertz CT molecular complexity index is 668. The second kappa shape index (κ2) is 9.47. The van der Waals surface area contributed by atoms with E-state index < -0.39 is 0 Å². The number of aromatic amines is 1. The molecule has 5 nitrogen and oxygen atoms in total. The van der Waals surface area contributed by atoms with Gasteiger partial charge in [-0.2, -0.15) is 0 Å². The number of aliphatic imine (C=N–C) groups is 1. The van der Waals surface area contributed by atoms with Crippen LogP contribution in [0.15, 0.2) is 35.5 Å². The number of guanidine groups is 1. The first-order chi connectivity index (χ1) is 12.4. The number of aromatic nitrogens is 1. The SMILES string of the molecule is CN=C(NCCc1c[nH]c2ccccc12)NCCN1CCCCCC1. The van der Waals surface area contributed by atoms with Crippen molar-refractivity contribution in [3.63, 3.8) is 0 Å². The van der Waals surface area contributed by atoms with E-state index in [9.17, 15) is 0 Å². The largest absolute Gasteiger partial charge is 0.361 e. The molecule has 1 saturated heterocycles. The van der Waals surface area contributed by atoms with Crippen molar-refractivity contribution in [2.75, 3.05) is 39.8 Å². The Morgan fingerprint density at radius 3 is 2.64 bits per heavy atom. The van der Waals surface area contributed by atoms with Gasteiger partial charge in [0.05, 0.1) is 0 Å². The predicted molar refractivity (Wildman–Crippen MR) is 106 cm³/mol. The number of nitrogens with one attached hydrogen (secondary N) is 3. The molecular formula is C20H31N5. The van der Waals surface area contributed by atoms with E-state index in [0.29, 0.717) is 0 Å². The highest BCUT2D eigenvalue weighted by Crippen LogP contribution is 2.17. The molecule has 2 heterocycles. The minimum atomic E-state index is 0.880. The van der Waals surface area contributed by atoms with Crippen LogP contribution >= 0.6 is 0 Å². The molecule has 136 valence electrons. The summed E-state index contributed by atoms with van der Waals surface area (Å²) in [5, 5.41) is 8.19. The molecule has 1 aromatic heterocycles. The van der Waals surface area contributed by atoms with Crippen molar-refractivity contribution >= 4 is 16.9 Å². The number of fused-ring (bicyclic) bond motifs is 1. The molecule has 0 unspecified atom stereocenters. The van der Waals surface area contributed by atoms with Crippen molar-refractivity contribution in [2.45, 2.75) is 32.1 Å². The van der Waals surface area contributed by atoms with Gasteiger partial charge < -0.3 is 20.5 Å². The first-order valence-corrected chi connectivity index (χ1v) is 9.58. The van der Waals surface area contributed by atoms with Crippen LogP contribution in [0.25, 0.3) is 10.9 Å². The fraction of sp³-hybridized carbons (Fsp3) is 0.550. The van der Waals surface area contributed by atoms with Gasteiger partial charge in [-0.15, -0.1) is 0 Å². The van der Waals surface area contributed by atoms with Gasteiger partial charge in [0.15, 0.2) is 5.96 Å². The van der Waals surface area contributed by atoms with Gasteiger partial charge >= 0.3 is 0 Å². The number of H-pyrrole nitrogens is 1. The lowest BCUT2D eigenvalue weighted by molar-refractivity contribution is 0.289. The van der Waals surface area contributed by atoms with E-state index >= 15 is 0 Å². The lowest BCUT2D eigenvalue weighted by Crippen LogP contribution is -2.42. The van der Waals surface area contributed by atoms with Crippen LogP contribution in [0.1, 0.15) is 31.2 Å². The molecule has 0 bridgehead atoms. The van der Waals surface area contributed by atoms with E-state index in [1.165, 1.54) is 55.2 Å². The molecule has 1 aliphatic rings. The molecule has 3 rings (SSSR count). The Morgan fingerprint density at radius 1 is 1.08 bits per heavy atom. The Balaban J connectivity index is 1.39. The predicted octanol–water partition coefficient (Wildman–Crippen LogP) is 2.75. The summed E-state index contributed by atoms with van der Waals surface area (Å²) >= 11 is 0. The van der Waals surface area contributed by atoms with Gasteiger partial charge in [-0.05, 0) is 44.0 Å². The molecule has 1 fully saturated rings. The second-order valence-electron chi connectivity index (χ2n) is 6.79. The number of likely N-dealkylation sites (tertiary alicyclic amines) is 1. The van der Waals surface area contributed by atoms with Crippen LogP contribution in [-0.2, 0) is 6.42 Å². The highest BCUT2D eigenvalue weighted by Gasteiger charge is 2.08. The molecule has 25 heavy (non-hydrogen) atoms. The van der Waals surface area contributed by atoms with Gasteiger partial charge in [0.25, 0.3) is 0 Å². The van der Waals surface area contributed by atoms with Crippen LogP contribution < -0.4 is 10.6 Å². The Morgan fingerprint density at radius 2 is 1.84 bits per heavy atom. The summed E-state index contributed by atoms with van der Waals surface area (Å²) in [6.07, 6.45) is 8.57. The van der Waals surface area contributed by atoms with E-state index in [1.807, 2.05) is 7.05 Å². The fourth-order valence-electron chi connectivity index (χ4n) is 3.57. The van der Waals surface area contributed by atoms with Crippen molar-refractivity contribution < 1.29 is 0 Å². The van der Waals surface area contributed by atoms with Crippen LogP contribution in [0.3, 0.4) is 0 Å². The topological polar surface area (TPSA) is 55.5 Å². The molecule has 0 amide bonds. The van der Waals surface area contributed by atoms with Crippen LogP contribution in [0.2, 0.25) is 0 Å². The lowest BCUT2D eigenvalue weighted by Gasteiger charge is -2.20. The van der Waals surface area contributed by atoms with Gasteiger partial charge in [0, 0.05) is 43.8 Å². The van der Waals surface area contributed by atoms with Crippen LogP contribution in [0.5, 0.6) is 0 Å². The Hall–Kier alpha value is -2.01. The van der Waals surface area contributed by atoms with Crippen molar-refractivity contribution in [1.29, 1.82) is 0 Å². The monoisotopic (exact) mass is 341 g/mol. The van der Waals surface area contributed by atoms with Crippen molar-refractivity contribution in [3.05, 3.63) is 36.0 Å². The van der Waals surface area contributed by atoms with Crippen LogP contribution in [0.4, 0.5) is 0 Å².